The molecule has 0 spiro atoms. The number of aryl methyl sites for hydroxylation is 1. The molecule has 0 fully saturated rings. The lowest BCUT2D eigenvalue weighted by molar-refractivity contribution is -0.140. The largest absolute Gasteiger partial charge is 0.481 e. The minimum absolute atomic E-state index is 0.108. The molecule has 0 aliphatic heterocycles. The standard InChI is InChI=1S/C20H21N5O5S/c21-17-11(2-1-10-7-23-18-13(10)8-22-9-24-18)15(31)5-3-12(17)19(28)25-14(20(29)30)4-6-16(26)27/h3,5,7-9,14,31H,1-2,4,6,21H2,(H,25,28)(H,26,27)(H,29,30)(H,22,23,24)/t14-/m0/s1. The van der Waals surface area contributed by atoms with E-state index in [4.69, 9.17) is 10.8 Å². The molecule has 11 heteroatoms. The van der Waals surface area contributed by atoms with E-state index in [2.05, 4.69) is 32.9 Å². The van der Waals surface area contributed by atoms with Gasteiger partial charge in [0.1, 0.15) is 18.0 Å². The first kappa shape index (κ1) is 22.1. The SMILES string of the molecule is Nc1c(C(=O)N[C@@H](CCC(=O)O)C(=O)O)ccc(S)c1CCc1c[nH]c2ncncc12. The van der Waals surface area contributed by atoms with Gasteiger partial charge in [-0.3, -0.25) is 9.59 Å². The van der Waals surface area contributed by atoms with Crippen molar-refractivity contribution in [1.29, 1.82) is 0 Å². The summed E-state index contributed by atoms with van der Waals surface area (Å²) in [5.41, 5.74) is 8.89. The average Bonchev–Trinajstić information content (AvgIpc) is 3.13. The lowest BCUT2D eigenvalue weighted by Crippen LogP contribution is -2.41. The first-order valence-corrected chi connectivity index (χ1v) is 9.84. The zero-order chi connectivity index (χ0) is 22.5. The molecule has 2 aromatic heterocycles. The molecule has 3 rings (SSSR count). The highest BCUT2D eigenvalue weighted by atomic mass is 32.1. The Hall–Kier alpha value is -3.60. The van der Waals surface area contributed by atoms with E-state index < -0.39 is 23.9 Å². The topological polar surface area (TPSA) is 171 Å². The Morgan fingerprint density at radius 3 is 2.71 bits per heavy atom. The van der Waals surface area contributed by atoms with E-state index in [1.165, 1.54) is 12.4 Å². The summed E-state index contributed by atoms with van der Waals surface area (Å²) in [5.74, 6) is -3.16. The highest BCUT2D eigenvalue weighted by Gasteiger charge is 2.23. The summed E-state index contributed by atoms with van der Waals surface area (Å²) in [6.07, 6.45) is 5.45. The molecule has 1 atom stereocenters. The molecule has 0 aliphatic rings. The second-order valence-electron chi connectivity index (χ2n) is 6.92. The number of carbonyl (C=O) groups excluding carboxylic acids is 1. The number of aliphatic carboxylic acids is 2. The number of aromatic amines is 1. The van der Waals surface area contributed by atoms with Crippen molar-refractivity contribution in [3.63, 3.8) is 0 Å². The van der Waals surface area contributed by atoms with Gasteiger partial charge in [0.15, 0.2) is 0 Å². The molecule has 6 N–H and O–H groups in total. The second-order valence-corrected chi connectivity index (χ2v) is 7.40. The number of carbonyl (C=O) groups is 3. The van der Waals surface area contributed by atoms with Gasteiger partial charge in [-0.2, -0.15) is 0 Å². The van der Waals surface area contributed by atoms with Crippen LogP contribution >= 0.6 is 12.6 Å². The molecule has 0 bridgehead atoms. The number of hydrogen-bond donors (Lipinski definition) is 6. The van der Waals surface area contributed by atoms with Crippen LogP contribution in [0.1, 0.15) is 34.3 Å². The third-order valence-corrected chi connectivity index (χ3v) is 5.33. The van der Waals surface area contributed by atoms with Crippen molar-refractivity contribution < 1.29 is 24.6 Å². The van der Waals surface area contributed by atoms with Gasteiger partial charge >= 0.3 is 11.9 Å². The number of carboxylic acid groups (broad SMARTS) is 2. The molecular weight excluding hydrogens is 422 g/mol. The van der Waals surface area contributed by atoms with Crippen molar-refractivity contribution in [2.45, 2.75) is 36.6 Å². The molecule has 162 valence electrons. The van der Waals surface area contributed by atoms with Crippen molar-refractivity contribution in [3.05, 3.63) is 47.5 Å². The van der Waals surface area contributed by atoms with Crippen LogP contribution in [-0.2, 0) is 22.4 Å². The summed E-state index contributed by atoms with van der Waals surface area (Å²) in [6.45, 7) is 0. The monoisotopic (exact) mass is 443 g/mol. The summed E-state index contributed by atoms with van der Waals surface area (Å²) >= 11 is 4.44. The van der Waals surface area contributed by atoms with E-state index in [9.17, 15) is 19.5 Å². The summed E-state index contributed by atoms with van der Waals surface area (Å²) in [6, 6.07) is 1.75. The van der Waals surface area contributed by atoms with E-state index in [0.29, 0.717) is 23.3 Å². The van der Waals surface area contributed by atoms with Gasteiger partial charge in [-0.25, -0.2) is 14.8 Å². The van der Waals surface area contributed by atoms with Crippen LogP contribution in [0.15, 0.2) is 35.7 Å². The zero-order valence-corrected chi connectivity index (χ0v) is 17.2. The first-order valence-electron chi connectivity index (χ1n) is 9.39. The maximum atomic E-state index is 12.6. The summed E-state index contributed by atoms with van der Waals surface area (Å²) in [7, 11) is 0. The van der Waals surface area contributed by atoms with Crippen molar-refractivity contribution >= 4 is 47.2 Å². The number of rotatable bonds is 9. The number of aromatic nitrogens is 3. The van der Waals surface area contributed by atoms with Crippen molar-refractivity contribution in [3.8, 4) is 0 Å². The Balaban J connectivity index is 1.78. The molecule has 1 aromatic carbocycles. The summed E-state index contributed by atoms with van der Waals surface area (Å²) in [5, 5.41) is 21.3. The molecule has 0 saturated carbocycles. The minimum atomic E-state index is -1.34. The van der Waals surface area contributed by atoms with Crippen LogP contribution in [0.2, 0.25) is 0 Å². The highest BCUT2D eigenvalue weighted by molar-refractivity contribution is 7.80. The molecule has 10 nitrogen and oxygen atoms in total. The van der Waals surface area contributed by atoms with Crippen molar-refractivity contribution in [2.75, 3.05) is 5.73 Å². The molecule has 1 amide bonds. The molecule has 3 aromatic rings. The number of amides is 1. The zero-order valence-electron chi connectivity index (χ0n) is 16.3. The number of hydrogen-bond acceptors (Lipinski definition) is 7. The maximum absolute atomic E-state index is 12.6. The smallest absolute Gasteiger partial charge is 0.326 e. The number of thiol groups is 1. The van der Waals surface area contributed by atoms with Crippen LogP contribution in [0.5, 0.6) is 0 Å². The number of anilines is 1. The van der Waals surface area contributed by atoms with Crippen LogP contribution in [0.25, 0.3) is 11.0 Å². The summed E-state index contributed by atoms with van der Waals surface area (Å²) in [4.78, 5) is 46.6. The number of benzene rings is 1. The molecule has 0 aliphatic carbocycles. The summed E-state index contributed by atoms with van der Waals surface area (Å²) < 4.78 is 0. The quantitative estimate of drug-likeness (QED) is 0.214. The Bertz CT molecular complexity index is 1150. The van der Waals surface area contributed by atoms with Crippen LogP contribution in [0.4, 0.5) is 5.69 Å². The van der Waals surface area contributed by atoms with E-state index in [1.54, 1.807) is 12.3 Å². The minimum Gasteiger partial charge on any atom is -0.481 e. The van der Waals surface area contributed by atoms with E-state index in [1.807, 2.05) is 6.20 Å². The third-order valence-electron chi connectivity index (χ3n) is 4.91. The predicted octanol–water partition coefficient (Wildman–Crippen LogP) is 1.66. The molecule has 0 unspecified atom stereocenters. The number of nitrogens with two attached hydrogens (primary N) is 1. The van der Waals surface area contributed by atoms with Gasteiger partial charge in [0, 0.05) is 34.8 Å². The second kappa shape index (κ2) is 9.47. The van der Waals surface area contributed by atoms with Gasteiger partial charge in [0.25, 0.3) is 5.91 Å². The van der Waals surface area contributed by atoms with Gasteiger partial charge in [-0.15, -0.1) is 12.6 Å². The fourth-order valence-electron chi connectivity index (χ4n) is 3.25. The highest BCUT2D eigenvalue weighted by Crippen LogP contribution is 2.27. The molecule has 31 heavy (non-hydrogen) atoms. The van der Waals surface area contributed by atoms with Crippen molar-refractivity contribution in [1.82, 2.24) is 20.3 Å². The molecular formula is C20H21N5O5S. The van der Waals surface area contributed by atoms with Gasteiger partial charge in [-0.05, 0) is 42.5 Å². The number of nitrogen functional groups attached to an aromatic ring is 1. The number of fused-ring (bicyclic) bond motifs is 1. The van der Waals surface area contributed by atoms with Gasteiger partial charge in [0.05, 0.1) is 5.56 Å². The lowest BCUT2D eigenvalue weighted by Gasteiger charge is -2.17. The molecule has 2 heterocycles. The normalized spacial score (nSPS) is 11.9. The number of nitrogens with zero attached hydrogens (tertiary/aromatic N) is 2. The Labute approximate surface area is 182 Å². The van der Waals surface area contributed by atoms with E-state index in [-0.39, 0.29) is 24.1 Å². The van der Waals surface area contributed by atoms with E-state index in [0.717, 1.165) is 16.6 Å². The number of nitrogens with one attached hydrogen (secondary N) is 2. The fourth-order valence-corrected chi connectivity index (χ4v) is 3.56. The Morgan fingerprint density at radius 1 is 1.23 bits per heavy atom. The van der Waals surface area contributed by atoms with Crippen molar-refractivity contribution in [2.24, 2.45) is 0 Å². The maximum Gasteiger partial charge on any atom is 0.326 e. The Kier molecular flexibility index (Phi) is 6.75. The van der Waals surface area contributed by atoms with Gasteiger partial charge in [0.2, 0.25) is 0 Å². The number of H-pyrrole nitrogens is 1. The molecule has 0 radical (unpaired) electrons. The predicted molar refractivity (Wildman–Crippen MR) is 115 cm³/mol. The Morgan fingerprint density at radius 2 is 2.00 bits per heavy atom. The van der Waals surface area contributed by atoms with Gasteiger partial charge in [-0.1, -0.05) is 0 Å². The van der Waals surface area contributed by atoms with E-state index >= 15 is 0 Å². The third kappa shape index (κ3) is 5.12. The van der Waals surface area contributed by atoms with Crippen LogP contribution in [-0.4, -0.2) is 49.1 Å². The lowest BCUT2D eigenvalue weighted by atomic mass is 9.99. The average molecular weight is 443 g/mol. The van der Waals surface area contributed by atoms with Crippen LogP contribution < -0.4 is 11.1 Å². The van der Waals surface area contributed by atoms with Crippen LogP contribution in [0.3, 0.4) is 0 Å². The van der Waals surface area contributed by atoms with Gasteiger partial charge < -0.3 is 26.2 Å². The fraction of sp³-hybridized carbons (Fsp3) is 0.250. The molecule has 0 saturated heterocycles. The van der Waals surface area contributed by atoms with Crippen LogP contribution in [0, 0.1) is 0 Å². The number of carboxylic acids is 2. The first-order chi connectivity index (χ1) is 14.8.